The minimum Gasteiger partial charge on any atom is -0.484 e. The van der Waals surface area contributed by atoms with Gasteiger partial charge in [0.15, 0.2) is 6.61 Å². The molecular weight excluding hydrogens is 294 g/mol. The summed E-state index contributed by atoms with van der Waals surface area (Å²) in [6.07, 6.45) is 5.25. The average molecular weight is 315 g/mol. The first-order chi connectivity index (χ1) is 11.2. The summed E-state index contributed by atoms with van der Waals surface area (Å²) in [6.45, 7) is 2.00. The first kappa shape index (κ1) is 15.5. The van der Waals surface area contributed by atoms with Gasteiger partial charge in [-0.05, 0) is 37.1 Å². The fourth-order valence-corrected chi connectivity index (χ4v) is 2.70. The lowest BCUT2D eigenvalue weighted by molar-refractivity contribution is -0.123. The largest absolute Gasteiger partial charge is 0.484 e. The first-order valence-corrected chi connectivity index (χ1v) is 8.09. The van der Waals surface area contributed by atoms with Crippen molar-refractivity contribution in [1.82, 2.24) is 15.5 Å². The molecule has 3 rings (SSSR count). The van der Waals surface area contributed by atoms with Crippen LogP contribution in [0.2, 0.25) is 0 Å². The second kappa shape index (κ2) is 7.26. The molecule has 0 spiro atoms. The molecule has 1 aromatic heterocycles. The van der Waals surface area contributed by atoms with Crippen LogP contribution in [0, 0.1) is 0 Å². The van der Waals surface area contributed by atoms with E-state index in [9.17, 15) is 4.79 Å². The molecule has 23 heavy (non-hydrogen) atoms. The topological polar surface area (TPSA) is 77.2 Å². The fourth-order valence-electron chi connectivity index (χ4n) is 2.70. The number of rotatable bonds is 6. The molecule has 1 aliphatic carbocycles. The second-order valence-electron chi connectivity index (χ2n) is 5.72. The van der Waals surface area contributed by atoms with Gasteiger partial charge in [0.05, 0.1) is 0 Å². The fraction of sp³-hybridized carbons (Fsp3) is 0.471. The lowest BCUT2D eigenvalue weighted by atomic mass is 10.2. The van der Waals surface area contributed by atoms with E-state index < -0.39 is 0 Å². The third-order valence-electron chi connectivity index (χ3n) is 3.96. The van der Waals surface area contributed by atoms with E-state index in [0.717, 1.165) is 18.4 Å². The molecule has 1 fully saturated rings. The van der Waals surface area contributed by atoms with Gasteiger partial charge in [-0.25, -0.2) is 0 Å². The Morgan fingerprint density at radius 1 is 1.26 bits per heavy atom. The highest BCUT2D eigenvalue weighted by Crippen LogP contribution is 2.21. The minimum absolute atomic E-state index is 0.0381. The molecule has 0 aliphatic heterocycles. The number of ether oxygens (including phenoxy) is 1. The quantitative estimate of drug-likeness (QED) is 0.887. The molecular formula is C17H21N3O3. The smallest absolute Gasteiger partial charge is 0.258 e. The van der Waals surface area contributed by atoms with Crippen molar-refractivity contribution in [1.29, 1.82) is 0 Å². The molecule has 0 atom stereocenters. The zero-order valence-corrected chi connectivity index (χ0v) is 13.2. The van der Waals surface area contributed by atoms with Crippen LogP contribution in [0.1, 0.15) is 38.5 Å². The molecule has 0 bridgehead atoms. The highest BCUT2D eigenvalue weighted by Gasteiger charge is 2.17. The predicted molar refractivity (Wildman–Crippen MR) is 85.0 cm³/mol. The van der Waals surface area contributed by atoms with Gasteiger partial charge in [-0.15, -0.1) is 10.2 Å². The molecule has 2 aromatic rings. The Morgan fingerprint density at radius 3 is 2.65 bits per heavy atom. The number of aryl methyl sites for hydroxylation is 1. The van der Waals surface area contributed by atoms with Crippen LogP contribution < -0.4 is 10.1 Å². The van der Waals surface area contributed by atoms with Crippen LogP contribution in [0.3, 0.4) is 0 Å². The molecule has 1 N–H and O–H groups in total. The predicted octanol–water partition coefficient (Wildman–Crippen LogP) is 2.74. The summed E-state index contributed by atoms with van der Waals surface area (Å²) in [5.74, 6) is 1.69. The van der Waals surface area contributed by atoms with Crippen LogP contribution in [0.25, 0.3) is 11.5 Å². The summed E-state index contributed by atoms with van der Waals surface area (Å²) in [6, 6.07) is 7.61. The monoisotopic (exact) mass is 315 g/mol. The third-order valence-corrected chi connectivity index (χ3v) is 3.96. The number of benzene rings is 1. The molecule has 1 aromatic carbocycles. The van der Waals surface area contributed by atoms with Gasteiger partial charge in [0.25, 0.3) is 5.91 Å². The van der Waals surface area contributed by atoms with E-state index in [2.05, 4.69) is 15.5 Å². The number of nitrogens with zero attached hydrogens (tertiary/aromatic N) is 2. The van der Waals surface area contributed by atoms with E-state index in [0.29, 0.717) is 30.0 Å². The van der Waals surface area contributed by atoms with Crippen molar-refractivity contribution < 1.29 is 13.9 Å². The molecule has 0 unspecified atom stereocenters. The van der Waals surface area contributed by atoms with Crippen LogP contribution in [0.15, 0.2) is 28.7 Å². The van der Waals surface area contributed by atoms with Crippen LogP contribution in [0.5, 0.6) is 5.75 Å². The van der Waals surface area contributed by atoms with Crippen LogP contribution >= 0.6 is 0 Å². The standard InChI is InChI=1S/C17H21N3O3/c1-2-16-19-20-17(23-16)12-7-9-14(10-8-12)22-11-15(21)18-13-5-3-4-6-13/h7-10,13H,2-6,11H2,1H3,(H,18,21). The molecule has 1 aliphatic rings. The van der Waals surface area contributed by atoms with Crippen molar-refractivity contribution in [3.8, 4) is 17.2 Å². The molecule has 1 amide bonds. The average Bonchev–Trinajstić information content (AvgIpc) is 3.25. The SMILES string of the molecule is CCc1nnc(-c2ccc(OCC(=O)NC3CCCC3)cc2)o1. The number of aromatic nitrogens is 2. The van der Waals surface area contributed by atoms with E-state index in [1.807, 2.05) is 19.1 Å². The molecule has 0 radical (unpaired) electrons. The van der Waals surface area contributed by atoms with Crippen LogP contribution in [-0.2, 0) is 11.2 Å². The number of hydrogen-bond acceptors (Lipinski definition) is 5. The Bertz CT molecular complexity index is 645. The number of nitrogens with one attached hydrogen (secondary N) is 1. The maximum absolute atomic E-state index is 11.8. The van der Waals surface area contributed by atoms with Gasteiger partial charge in [0.2, 0.25) is 11.8 Å². The lowest BCUT2D eigenvalue weighted by Crippen LogP contribution is -2.36. The maximum Gasteiger partial charge on any atom is 0.258 e. The first-order valence-electron chi connectivity index (χ1n) is 8.09. The van der Waals surface area contributed by atoms with Crippen LogP contribution in [-0.4, -0.2) is 28.8 Å². The summed E-state index contributed by atoms with van der Waals surface area (Å²) < 4.78 is 11.0. The Morgan fingerprint density at radius 2 is 2.00 bits per heavy atom. The number of carbonyl (C=O) groups is 1. The highest BCUT2D eigenvalue weighted by atomic mass is 16.5. The summed E-state index contributed by atoms with van der Waals surface area (Å²) in [4.78, 5) is 11.8. The highest BCUT2D eigenvalue weighted by molar-refractivity contribution is 5.77. The van der Waals surface area contributed by atoms with Crippen molar-refractivity contribution in [2.75, 3.05) is 6.61 Å². The van der Waals surface area contributed by atoms with Crippen molar-refractivity contribution in [3.63, 3.8) is 0 Å². The number of amides is 1. The van der Waals surface area contributed by atoms with E-state index in [1.54, 1.807) is 12.1 Å². The summed E-state index contributed by atoms with van der Waals surface area (Å²) in [5, 5.41) is 10.9. The van der Waals surface area contributed by atoms with E-state index in [-0.39, 0.29) is 12.5 Å². The zero-order valence-electron chi connectivity index (χ0n) is 13.2. The summed E-state index contributed by atoms with van der Waals surface area (Å²) in [7, 11) is 0. The van der Waals surface area contributed by atoms with Crippen molar-refractivity contribution >= 4 is 5.91 Å². The van der Waals surface area contributed by atoms with Gasteiger partial charge in [-0.2, -0.15) is 0 Å². The molecule has 6 nitrogen and oxygen atoms in total. The van der Waals surface area contributed by atoms with Crippen molar-refractivity contribution in [3.05, 3.63) is 30.2 Å². The molecule has 1 saturated carbocycles. The van der Waals surface area contributed by atoms with Gasteiger partial charge < -0.3 is 14.5 Å². The molecule has 6 heteroatoms. The summed E-state index contributed by atoms with van der Waals surface area (Å²) >= 11 is 0. The third kappa shape index (κ3) is 4.09. The van der Waals surface area contributed by atoms with Gasteiger partial charge in [-0.3, -0.25) is 4.79 Å². The van der Waals surface area contributed by atoms with Gasteiger partial charge in [0.1, 0.15) is 5.75 Å². The maximum atomic E-state index is 11.8. The van der Waals surface area contributed by atoms with Crippen molar-refractivity contribution in [2.45, 2.75) is 45.1 Å². The normalized spacial score (nSPS) is 14.8. The Labute approximate surface area is 135 Å². The van der Waals surface area contributed by atoms with Gasteiger partial charge in [0, 0.05) is 18.0 Å². The summed E-state index contributed by atoms with van der Waals surface area (Å²) in [5.41, 5.74) is 0.833. The van der Waals surface area contributed by atoms with Gasteiger partial charge in [-0.1, -0.05) is 19.8 Å². The number of carbonyl (C=O) groups excluding carboxylic acids is 1. The van der Waals surface area contributed by atoms with Crippen molar-refractivity contribution in [2.24, 2.45) is 0 Å². The van der Waals surface area contributed by atoms with E-state index >= 15 is 0 Å². The van der Waals surface area contributed by atoms with Gasteiger partial charge >= 0.3 is 0 Å². The molecule has 1 heterocycles. The molecule has 0 saturated heterocycles. The molecule has 122 valence electrons. The minimum atomic E-state index is -0.0644. The van der Waals surface area contributed by atoms with E-state index in [1.165, 1.54) is 12.8 Å². The Hall–Kier alpha value is -2.37. The Kier molecular flexibility index (Phi) is 4.90. The van der Waals surface area contributed by atoms with Crippen LogP contribution in [0.4, 0.5) is 0 Å². The zero-order chi connectivity index (χ0) is 16.1. The second-order valence-corrected chi connectivity index (χ2v) is 5.72. The lowest BCUT2D eigenvalue weighted by Gasteiger charge is -2.12. The number of hydrogen-bond donors (Lipinski definition) is 1. The Balaban J connectivity index is 1.51. The van der Waals surface area contributed by atoms with E-state index in [4.69, 9.17) is 9.15 Å².